The second-order valence-electron chi connectivity index (χ2n) is 3.72. The molecule has 1 aromatic carbocycles. The number of furan rings is 1. The van der Waals surface area contributed by atoms with Gasteiger partial charge in [0.15, 0.2) is 0 Å². The predicted molar refractivity (Wildman–Crippen MR) is 70.8 cm³/mol. The molecule has 104 valence electrons. The number of nitro benzene ring substituents is 1. The van der Waals surface area contributed by atoms with Gasteiger partial charge in [-0.2, -0.15) is 0 Å². The van der Waals surface area contributed by atoms with E-state index >= 15 is 0 Å². The Balaban J connectivity index is 2.19. The van der Waals surface area contributed by atoms with E-state index in [4.69, 9.17) is 14.3 Å². The van der Waals surface area contributed by atoms with Crippen LogP contribution in [0.1, 0.15) is 16.1 Å². The highest BCUT2D eigenvalue weighted by molar-refractivity contribution is 9.10. The van der Waals surface area contributed by atoms with E-state index in [0.717, 1.165) is 0 Å². The van der Waals surface area contributed by atoms with Gasteiger partial charge in [-0.05, 0) is 28.1 Å². The van der Waals surface area contributed by atoms with Gasteiger partial charge in [0.05, 0.1) is 11.2 Å². The third-order valence-corrected chi connectivity index (χ3v) is 3.26. The Hall–Kier alpha value is -2.35. The van der Waals surface area contributed by atoms with Crippen molar-refractivity contribution in [2.45, 2.75) is 6.61 Å². The van der Waals surface area contributed by atoms with E-state index in [2.05, 4.69) is 15.9 Å². The topological polar surface area (TPSA) is 103 Å². The number of carboxylic acids is 1. The molecular weight excluding hydrogens is 334 g/mol. The minimum absolute atomic E-state index is 0.0715. The lowest BCUT2D eigenvalue weighted by atomic mass is 10.2. The van der Waals surface area contributed by atoms with Crippen LogP contribution < -0.4 is 4.74 Å². The van der Waals surface area contributed by atoms with E-state index < -0.39 is 10.9 Å². The van der Waals surface area contributed by atoms with E-state index in [1.807, 2.05) is 0 Å². The molecule has 0 amide bonds. The number of halogens is 1. The van der Waals surface area contributed by atoms with Crippen LogP contribution >= 0.6 is 15.9 Å². The monoisotopic (exact) mass is 341 g/mol. The third kappa shape index (κ3) is 2.80. The summed E-state index contributed by atoms with van der Waals surface area (Å²) < 4.78 is 10.4. The van der Waals surface area contributed by atoms with Crippen molar-refractivity contribution >= 4 is 27.6 Å². The summed E-state index contributed by atoms with van der Waals surface area (Å²) in [5, 5.41) is 19.7. The average molecular weight is 342 g/mol. The van der Waals surface area contributed by atoms with Crippen molar-refractivity contribution in [3.63, 3.8) is 0 Å². The predicted octanol–water partition coefficient (Wildman–Crippen LogP) is 3.23. The molecule has 2 rings (SSSR count). The zero-order chi connectivity index (χ0) is 14.7. The Labute approximate surface area is 121 Å². The number of carboxylic acid groups (broad SMARTS) is 1. The van der Waals surface area contributed by atoms with Crippen molar-refractivity contribution in [2.24, 2.45) is 0 Å². The number of carbonyl (C=O) groups is 1. The fourth-order valence-electron chi connectivity index (χ4n) is 1.54. The van der Waals surface area contributed by atoms with Gasteiger partial charge in [-0.25, -0.2) is 4.79 Å². The number of hydrogen-bond acceptors (Lipinski definition) is 5. The fraction of sp³-hybridized carbons (Fsp3) is 0.0833. The molecule has 0 unspecified atom stereocenters. The maximum absolute atomic E-state index is 10.9. The SMILES string of the molecule is O=C(O)c1occc1COc1cccc([N+](=O)[O-])c1Br. The Morgan fingerprint density at radius 3 is 2.85 bits per heavy atom. The van der Waals surface area contributed by atoms with Crippen molar-refractivity contribution in [3.05, 3.63) is 56.4 Å². The number of nitrogens with zero attached hydrogens (tertiary/aromatic N) is 1. The lowest BCUT2D eigenvalue weighted by Crippen LogP contribution is -2.03. The van der Waals surface area contributed by atoms with Gasteiger partial charge in [-0.1, -0.05) is 6.07 Å². The number of aromatic carboxylic acids is 1. The standard InChI is InChI=1S/C12H8BrNO6/c13-10-8(14(17)18)2-1-3-9(10)20-6-7-4-5-19-11(7)12(15)16/h1-5H,6H2,(H,15,16). The van der Waals surface area contributed by atoms with Crippen LogP contribution in [0.25, 0.3) is 0 Å². The zero-order valence-electron chi connectivity index (χ0n) is 9.91. The summed E-state index contributed by atoms with van der Waals surface area (Å²) in [5.41, 5.74) is 0.212. The fourth-order valence-corrected chi connectivity index (χ4v) is 2.07. The Morgan fingerprint density at radius 1 is 1.45 bits per heavy atom. The maximum Gasteiger partial charge on any atom is 0.372 e. The quantitative estimate of drug-likeness (QED) is 0.661. The maximum atomic E-state index is 10.9. The smallest absolute Gasteiger partial charge is 0.372 e. The van der Waals surface area contributed by atoms with Crippen LogP contribution in [0.4, 0.5) is 5.69 Å². The highest BCUT2D eigenvalue weighted by Crippen LogP contribution is 2.34. The van der Waals surface area contributed by atoms with E-state index in [0.29, 0.717) is 5.56 Å². The zero-order valence-corrected chi connectivity index (χ0v) is 11.5. The molecule has 0 bridgehead atoms. The molecule has 0 fully saturated rings. The minimum atomic E-state index is -1.20. The van der Waals surface area contributed by atoms with E-state index in [1.165, 1.54) is 30.5 Å². The molecule has 20 heavy (non-hydrogen) atoms. The summed E-state index contributed by atoms with van der Waals surface area (Å²) in [6.07, 6.45) is 1.24. The first-order valence-corrected chi connectivity index (χ1v) is 6.15. The largest absolute Gasteiger partial charge is 0.487 e. The number of ether oxygens (including phenoxy) is 1. The Morgan fingerprint density at radius 2 is 2.20 bits per heavy atom. The van der Waals surface area contributed by atoms with Crippen LogP contribution in [0, 0.1) is 10.1 Å². The van der Waals surface area contributed by atoms with Crippen LogP contribution in [0.3, 0.4) is 0 Å². The molecule has 0 saturated heterocycles. The lowest BCUT2D eigenvalue weighted by molar-refractivity contribution is -0.385. The normalized spacial score (nSPS) is 10.2. The first-order chi connectivity index (χ1) is 9.50. The second-order valence-corrected chi connectivity index (χ2v) is 4.51. The van der Waals surface area contributed by atoms with Crippen molar-refractivity contribution in [2.75, 3.05) is 0 Å². The molecule has 0 radical (unpaired) electrons. The highest BCUT2D eigenvalue weighted by atomic mass is 79.9. The molecule has 0 aliphatic carbocycles. The number of nitro groups is 1. The molecule has 1 heterocycles. The molecule has 0 aliphatic rings. The number of rotatable bonds is 5. The van der Waals surface area contributed by atoms with Crippen molar-refractivity contribution in [1.29, 1.82) is 0 Å². The second kappa shape index (κ2) is 5.74. The molecule has 0 spiro atoms. The first-order valence-electron chi connectivity index (χ1n) is 5.36. The average Bonchev–Trinajstić information content (AvgIpc) is 2.85. The van der Waals surface area contributed by atoms with Crippen LogP contribution in [0.15, 0.2) is 39.4 Å². The van der Waals surface area contributed by atoms with Gasteiger partial charge in [0.2, 0.25) is 5.76 Å². The molecule has 1 aromatic heterocycles. The van der Waals surface area contributed by atoms with Gasteiger partial charge in [0, 0.05) is 11.6 Å². The molecule has 0 atom stereocenters. The van der Waals surface area contributed by atoms with E-state index in [1.54, 1.807) is 0 Å². The van der Waals surface area contributed by atoms with Crippen LogP contribution in [0.2, 0.25) is 0 Å². The molecule has 2 aromatic rings. The van der Waals surface area contributed by atoms with Gasteiger partial charge in [-0.15, -0.1) is 0 Å². The van der Waals surface area contributed by atoms with E-state index in [9.17, 15) is 14.9 Å². The Bertz CT molecular complexity index is 666. The van der Waals surface area contributed by atoms with Gasteiger partial charge < -0.3 is 14.3 Å². The summed E-state index contributed by atoms with van der Waals surface area (Å²) in [5.74, 6) is -1.17. The molecule has 8 heteroatoms. The summed E-state index contributed by atoms with van der Waals surface area (Å²) in [6.45, 7) is -0.0715. The molecule has 0 aliphatic heterocycles. The van der Waals surface area contributed by atoms with Gasteiger partial charge >= 0.3 is 5.97 Å². The van der Waals surface area contributed by atoms with Crippen LogP contribution in [0.5, 0.6) is 5.75 Å². The van der Waals surface area contributed by atoms with Crippen molar-refractivity contribution in [1.82, 2.24) is 0 Å². The van der Waals surface area contributed by atoms with Crippen molar-refractivity contribution < 1.29 is 24.0 Å². The first kappa shape index (κ1) is 14.1. The number of hydrogen-bond donors (Lipinski definition) is 1. The lowest BCUT2D eigenvalue weighted by Gasteiger charge is -2.07. The van der Waals surface area contributed by atoms with Gasteiger partial charge in [0.1, 0.15) is 16.8 Å². The molecular formula is C12H8BrNO6. The molecule has 1 N–H and O–H groups in total. The summed E-state index contributed by atoms with van der Waals surface area (Å²) >= 11 is 3.09. The minimum Gasteiger partial charge on any atom is -0.487 e. The molecule has 0 saturated carbocycles. The van der Waals surface area contributed by atoms with Crippen molar-refractivity contribution in [3.8, 4) is 5.75 Å². The third-order valence-electron chi connectivity index (χ3n) is 2.46. The molecule has 7 nitrogen and oxygen atoms in total. The van der Waals surface area contributed by atoms with E-state index in [-0.39, 0.29) is 28.3 Å². The summed E-state index contributed by atoms with van der Waals surface area (Å²) in [7, 11) is 0. The van der Waals surface area contributed by atoms with Crippen LogP contribution in [-0.4, -0.2) is 16.0 Å². The number of benzene rings is 1. The summed E-state index contributed by atoms with van der Waals surface area (Å²) in [4.78, 5) is 21.1. The van der Waals surface area contributed by atoms with Gasteiger partial charge in [-0.3, -0.25) is 10.1 Å². The summed E-state index contributed by atoms with van der Waals surface area (Å²) in [6, 6.07) is 5.81. The van der Waals surface area contributed by atoms with Gasteiger partial charge in [0.25, 0.3) is 5.69 Å². The highest BCUT2D eigenvalue weighted by Gasteiger charge is 2.18. The Kier molecular flexibility index (Phi) is 4.04. The van der Waals surface area contributed by atoms with Crippen LogP contribution in [-0.2, 0) is 6.61 Å².